The van der Waals surface area contributed by atoms with Crippen molar-refractivity contribution in [3.05, 3.63) is 11.8 Å². The van der Waals surface area contributed by atoms with Crippen LogP contribution in [0.5, 0.6) is 0 Å². The Labute approximate surface area is 114 Å². The average Bonchev–Trinajstić information content (AvgIpc) is 2.38. The first-order valence-electron chi connectivity index (χ1n) is 5.89. The Hall–Kier alpha value is -1.68. The van der Waals surface area contributed by atoms with Gasteiger partial charge in [0.1, 0.15) is 18.3 Å². The summed E-state index contributed by atoms with van der Waals surface area (Å²) < 4.78 is 5.06. The predicted molar refractivity (Wildman–Crippen MR) is 65.3 cm³/mol. The molecule has 0 bridgehead atoms. The second kappa shape index (κ2) is 6.66. The van der Waals surface area contributed by atoms with E-state index in [4.69, 9.17) is 20.7 Å². The Kier molecular flexibility index (Phi) is 5.45. The van der Waals surface area contributed by atoms with E-state index in [0.29, 0.717) is 0 Å². The van der Waals surface area contributed by atoms with Crippen molar-refractivity contribution >= 4 is 11.9 Å². The zero-order chi connectivity index (χ0) is 15.4. The van der Waals surface area contributed by atoms with Gasteiger partial charge in [-0.3, -0.25) is 4.79 Å². The normalized spacial score (nSPS) is 28.9. The zero-order valence-electron chi connectivity index (χ0n) is 10.8. The predicted octanol–water partition coefficient (Wildman–Crippen LogP) is -3.10. The maximum atomic E-state index is 11.1. The van der Waals surface area contributed by atoms with Gasteiger partial charge >= 0.3 is 5.97 Å². The van der Waals surface area contributed by atoms with Gasteiger partial charge in [-0.25, -0.2) is 4.79 Å². The SMILES string of the molecule is CC(=O)N[C@@H]1[C@H]([C@H](O)[C@H](O)CO)OC(C(=O)O)=C[C@H]1N. The molecule has 20 heavy (non-hydrogen) atoms. The first-order chi connectivity index (χ1) is 9.27. The molecule has 0 aliphatic carbocycles. The second-order valence-corrected chi connectivity index (χ2v) is 4.46. The van der Waals surface area contributed by atoms with E-state index in [9.17, 15) is 19.8 Å². The van der Waals surface area contributed by atoms with Crippen LogP contribution in [0.3, 0.4) is 0 Å². The average molecular weight is 290 g/mol. The minimum atomic E-state index is -1.62. The number of amides is 1. The van der Waals surface area contributed by atoms with Crippen LogP contribution in [-0.2, 0) is 14.3 Å². The van der Waals surface area contributed by atoms with Crippen LogP contribution in [-0.4, -0.2) is 69.3 Å². The van der Waals surface area contributed by atoms with Crippen molar-refractivity contribution in [3.8, 4) is 0 Å². The van der Waals surface area contributed by atoms with Crippen LogP contribution >= 0.6 is 0 Å². The van der Waals surface area contributed by atoms with Crippen molar-refractivity contribution in [3.63, 3.8) is 0 Å². The highest BCUT2D eigenvalue weighted by Gasteiger charge is 2.42. The van der Waals surface area contributed by atoms with Gasteiger partial charge in [0.05, 0.1) is 18.7 Å². The third-order valence-electron chi connectivity index (χ3n) is 2.87. The van der Waals surface area contributed by atoms with Crippen LogP contribution < -0.4 is 11.1 Å². The number of rotatable bonds is 5. The second-order valence-electron chi connectivity index (χ2n) is 4.46. The van der Waals surface area contributed by atoms with Crippen LogP contribution in [0.2, 0.25) is 0 Å². The number of carbonyl (C=O) groups excluding carboxylic acids is 1. The van der Waals surface area contributed by atoms with E-state index >= 15 is 0 Å². The van der Waals surface area contributed by atoms with Gasteiger partial charge in [0.2, 0.25) is 11.7 Å². The number of ether oxygens (including phenoxy) is 1. The Balaban J connectivity index is 3.04. The minimum Gasteiger partial charge on any atom is -0.478 e. The quantitative estimate of drug-likeness (QED) is 0.310. The summed E-state index contributed by atoms with van der Waals surface area (Å²) in [7, 11) is 0. The summed E-state index contributed by atoms with van der Waals surface area (Å²) in [5.74, 6) is -2.34. The highest BCUT2D eigenvalue weighted by Crippen LogP contribution is 2.21. The van der Waals surface area contributed by atoms with Crippen molar-refractivity contribution in [2.45, 2.75) is 37.3 Å². The van der Waals surface area contributed by atoms with E-state index in [0.717, 1.165) is 6.08 Å². The lowest BCUT2D eigenvalue weighted by molar-refractivity contribution is -0.145. The van der Waals surface area contributed by atoms with Gasteiger partial charge < -0.3 is 36.2 Å². The van der Waals surface area contributed by atoms with Crippen LogP contribution in [0, 0.1) is 0 Å². The number of aliphatic carboxylic acids is 1. The molecule has 0 saturated carbocycles. The molecule has 1 heterocycles. The Bertz CT molecular complexity index is 412. The van der Waals surface area contributed by atoms with Gasteiger partial charge in [0.25, 0.3) is 0 Å². The molecule has 0 spiro atoms. The first-order valence-corrected chi connectivity index (χ1v) is 5.89. The van der Waals surface area contributed by atoms with E-state index in [1.807, 2.05) is 0 Å². The fraction of sp³-hybridized carbons (Fsp3) is 0.636. The summed E-state index contributed by atoms with van der Waals surface area (Å²) in [6.45, 7) is 0.463. The molecular formula is C11H18N2O7. The molecule has 0 aromatic rings. The summed E-state index contributed by atoms with van der Waals surface area (Å²) in [5, 5.41) is 39.5. The summed E-state index contributed by atoms with van der Waals surface area (Å²) in [6, 6.07) is -1.86. The van der Waals surface area contributed by atoms with E-state index in [1.54, 1.807) is 0 Å². The van der Waals surface area contributed by atoms with Crippen molar-refractivity contribution in [2.24, 2.45) is 5.73 Å². The van der Waals surface area contributed by atoms with Gasteiger partial charge in [-0.2, -0.15) is 0 Å². The molecule has 0 aromatic carbocycles. The van der Waals surface area contributed by atoms with Gasteiger partial charge in [-0.1, -0.05) is 0 Å². The monoisotopic (exact) mass is 290 g/mol. The molecule has 1 aliphatic rings. The highest BCUT2D eigenvalue weighted by atomic mass is 16.5. The van der Waals surface area contributed by atoms with E-state index in [2.05, 4.69) is 5.32 Å². The molecule has 0 radical (unpaired) electrons. The Morgan fingerprint density at radius 1 is 1.50 bits per heavy atom. The number of aliphatic hydroxyl groups excluding tert-OH is 3. The van der Waals surface area contributed by atoms with Gasteiger partial charge in [-0.15, -0.1) is 0 Å². The van der Waals surface area contributed by atoms with Gasteiger partial charge in [0, 0.05) is 6.92 Å². The Morgan fingerprint density at radius 3 is 2.55 bits per heavy atom. The van der Waals surface area contributed by atoms with Crippen molar-refractivity contribution < 1.29 is 34.8 Å². The summed E-state index contributed by atoms with van der Waals surface area (Å²) in [6.07, 6.45) is -3.38. The Morgan fingerprint density at radius 2 is 2.10 bits per heavy atom. The van der Waals surface area contributed by atoms with Gasteiger partial charge in [0.15, 0.2) is 0 Å². The molecule has 114 valence electrons. The topological polar surface area (TPSA) is 162 Å². The number of nitrogens with two attached hydrogens (primary N) is 1. The lowest BCUT2D eigenvalue weighted by Gasteiger charge is -2.38. The van der Waals surface area contributed by atoms with Crippen molar-refractivity contribution in [1.82, 2.24) is 5.32 Å². The number of carboxylic acids is 1. The standard InChI is InChI=1S/C11H18N2O7/c1-4(15)13-8-5(12)2-7(11(18)19)20-10(8)9(17)6(16)3-14/h2,5-6,8-10,14,16-17H,3,12H2,1H3,(H,13,15)(H,18,19)/t5-,6-,8+,9-,10-/m1/s1. The molecule has 9 heteroatoms. The van der Waals surface area contributed by atoms with E-state index in [1.165, 1.54) is 6.92 Å². The molecule has 5 atom stereocenters. The number of nitrogens with one attached hydrogen (secondary N) is 1. The molecule has 1 aliphatic heterocycles. The lowest BCUT2D eigenvalue weighted by atomic mass is 9.92. The number of carboxylic acid groups (broad SMARTS) is 1. The van der Waals surface area contributed by atoms with Crippen molar-refractivity contribution in [1.29, 1.82) is 0 Å². The molecule has 7 N–H and O–H groups in total. The highest BCUT2D eigenvalue weighted by molar-refractivity contribution is 5.84. The maximum Gasteiger partial charge on any atom is 0.370 e. The van der Waals surface area contributed by atoms with E-state index < -0.39 is 54.6 Å². The molecule has 0 aromatic heterocycles. The van der Waals surface area contributed by atoms with Crippen LogP contribution in [0.4, 0.5) is 0 Å². The number of aliphatic hydroxyl groups is 3. The molecule has 0 fully saturated rings. The number of carbonyl (C=O) groups is 2. The molecule has 0 saturated heterocycles. The summed E-state index contributed by atoms with van der Waals surface area (Å²) >= 11 is 0. The van der Waals surface area contributed by atoms with Crippen LogP contribution in [0.1, 0.15) is 6.92 Å². The third-order valence-corrected chi connectivity index (χ3v) is 2.87. The minimum absolute atomic E-state index is 0.461. The number of hydrogen-bond donors (Lipinski definition) is 6. The third kappa shape index (κ3) is 3.67. The maximum absolute atomic E-state index is 11.1. The van der Waals surface area contributed by atoms with Crippen LogP contribution in [0.15, 0.2) is 11.8 Å². The summed E-state index contributed by atoms with van der Waals surface area (Å²) in [4.78, 5) is 22.0. The number of hydrogen-bond acceptors (Lipinski definition) is 7. The smallest absolute Gasteiger partial charge is 0.370 e. The zero-order valence-corrected chi connectivity index (χ0v) is 10.8. The molecule has 0 unspecified atom stereocenters. The molecular weight excluding hydrogens is 272 g/mol. The van der Waals surface area contributed by atoms with E-state index in [-0.39, 0.29) is 0 Å². The molecule has 1 amide bonds. The first kappa shape index (κ1) is 16.4. The van der Waals surface area contributed by atoms with Gasteiger partial charge in [-0.05, 0) is 6.08 Å². The van der Waals surface area contributed by atoms with Crippen LogP contribution in [0.25, 0.3) is 0 Å². The largest absolute Gasteiger partial charge is 0.478 e. The lowest BCUT2D eigenvalue weighted by Crippen LogP contribution is -2.62. The fourth-order valence-corrected chi connectivity index (χ4v) is 1.90. The summed E-state index contributed by atoms with van der Waals surface area (Å²) in [5.41, 5.74) is 5.74. The molecule has 1 rings (SSSR count). The van der Waals surface area contributed by atoms with Crippen molar-refractivity contribution in [2.75, 3.05) is 6.61 Å². The molecule has 9 nitrogen and oxygen atoms in total. The fourth-order valence-electron chi connectivity index (χ4n) is 1.90.